The molecule has 2 amide bonds. The monoisotopic (exact) mass is 461 g/mol. The highest BCUT2D eigenvalue weighted by molar-refractivity contribution is 5.91. The van der Waals surface area contributed by atoms with Crippen LogP contribution in [0.3, 0.4) is 0 Å². The smallest absolute Gasteiger partial charge is 0.331 e. The maximum atomic E-state index is 13.3. The highest BCUT2D eigenvalue weighted by Gasteiger charge is 2.39. The average Bonchev–Trinajstić information content (AvgIpc) is 2.75. The van der Waals surface area contributed by atoms with Crippen molar-refractivity contribution in [1.82, 2.24) is 15.5 Å². The molecule has 184 valence electrons. The van der Waals surface area contributed by atoms with Crippen LogP contribution in [0.25, 0.3) is 0 Å². The molecule has 0 aliphatic rings. The molecule has 33 heavy (non-hydrogen) atoms. The summed E-state index contributed by atoms with van der Waals surface area (Å²) in [6.07, 6.45) is 0.361. The number of carboxylic acid groups (broad SMARTS) is 1. The average molecular weight is 462 g/mol. The van der Waals surface area contributed by atoms with E-state index >= 15 is 0 Å². The fraction of sp³-hybridized carbons (Fsp3) is 0.560. The third kappa shape index (κ3) is 7.14. The normalized spacial score (nSPS) is 16.0. The summed E-state index contributed by atoms with van der Waals surface area (Å²) >= 11 is 0. The molecule has 0 saturated heterocycles. The van der Waals surface area contributed by atoms with Crippen molar-refractivity contribution < 1.29 is 24.6 Å². The first-order valence-electron chi connectivity index (χ1n) is 11.1. The SMILES string of the molecule is CN[C@H](C(=O)NC(C(=O)N(C)[C@H](/C=C(\C)C(=O)O)C(C)C)[C@H](C)O)C(C)(C)c1ccccc1. The van der Waals surface area contributed by atoms with Crippen LogP contribution >= 0.6 is 0 Å². The fourth-order valence-electron chi connectivity index (χ4n) is 3.92. The molecule has 8 nitrogen and oxygen atoms in total. The molecule has 0 fully saturated rings. The zero-order valence-electron chi connectivity index (χ0n) is 20.9. The van der Waals surface area contributed by atoms with Gasteiger partial charge in [0.05, 0.1) is 18.2 Å². The van der Waals surface area contributed by atoms with E-state index in [9.17, 15) is 24.6 Å². The van der Waals surface area contributed by atoms with Crippen LogP contribution in [0.15, 0.2) is 42.0 Å². The molecule has 4 N–H and O–H groups in total. The predicted molar refractivity (Wildman–Crippen MR) is 129 cm³/mol. The molecule has 0 spiro atoms. The molecule has 8 heteroatoms. The number of likely N-dealkylation sites (N-methyl/N-ethyl adjacent to an activating group) is 2. The number of amides is 2. The van der Waals surface area contributed by atoms with Gasteiger partial charge in [-0.25, -0.2) is 4.79 Å². The van der Waals surface area contributed by atoms with Gasteiger partial charge in [0.15, 0.2) is 0 Å². The first-order valence-corrected chi connectivity index (χ1v) is 11.1. The van der Waals surface area contributed by atoms with Gasteiger partial charge in [0, 0.05) is 18.0 Å². The minimum absolute atomic E-state index is 0.0827. The number of aliphatic carboxylic acids is 1. The second kappa shape index (κ2) is 12.0. The number of rotatable bonds is 11. The summed E-state index contributed by atoms with van der Waals surface area (Å²) < 4.78 is 0. The molecule has 1 aromatic carbocycles. The summed E-state index contributed by atoms with van der Waals surface area (Å²) in [6, 6.07) is 7.19. The lowest BCUT2D eigenvalue weighted by atomic mass is 9.77. The third-order valence-electron chi connectivity index (χ3n) is 6.07. The van der Waals surface area contributed by atoms with Gasteiger partial charge in [0.2, 0.25) is 11.8 Å². The molecule has 0 bridgehead atoms. The number of carbonyl (C=O) groups excluding carboxylic acids is 2. The van der Waals surface area contributed by atoms with Crippen LogP contribution in [0.5, 0.6) is 0 Å². The van der Waals surface area contributed by atoms with Gasteiger partial charge in [0.25, 0.3) is 0 Å². The number of benzene rings is 1. The minimum atomic E-state index is -1.19. The van der Waals surface area contributed by atoms with Gasteiger partial charge in [-0.2, -0.15) is 0 Å². The van der Waals surface area contributed by atoms with Crippen molar-refractivity contribution in [2.45, 2.75) is 71.2 Å². The summed E-state index contributed by atoms with van der Waals surface area (Å²) in [5, 5.41) is 25.3. The van der Waals surface area contributed by atoms with Gasteiger partial charge in [-0.15, -0.1) is 0 Å². The van der Waals surface area contributed by atoms with E-state index in [0.29, 0.717) is 0 Å². The Morgan fingerprint density at radius 2 is 1.64 bits per heavy atom. The number of carbonyl (C=O) groups is 3. The van der Waals surface area contributed by atoms with E-state index in [0.717, 1.165) is 5.56 Å². The number of carboxylic acids is 1. The maximum absolute atomic E-state index is 13.3. The second-order valence-electron chi connectivity index (χ2n) is 9.37. The summed E-state index contributed by atoms with van der Waals surface area (Å²) in [5.74, 6) is -2.07. The number of aliphatic hydroxyl groups is 1. The molecule has 1 unspecified atom stereocenters. The van der Waals surface area contributed by atoms with E-state index in [-0.39, 0.29) is 11.5 Å². The van der Waals surface area contributed by atoms with E-state index in [4.69, 9.17) is 0 Å². The summed E-state index contributed by atoms with van der Waals surface area (Å²) in [6.45, 7) is 10.5. The summed E-state index contributed by atoms with van der Waals surface area (Å²) in [5.41, 5.74) is 0.469. The lowest BCUT2D eigenvalue weighted by Gasteiger charge is -2.37. The first-order chi connectivity index (χ1) is 15.2. The van der Waals surface area contributed by atoms with E-state index in [2.05, 4.69) is 10.6 Å². The molecule has 0 aromatic heterocycles. The number of hydrogen-bond donors (Lipinski definition) is 4. The Bertz CT molecular complexity index is 849. The van der Waals surface area contributed by atoms with Crippen molar-refractivity contribution in [2.24, 2.45) is 5.92 Å². The molecule has 1 rings (SSSR count). The molecule has 0 heterocycles. The van der Waals surface area contributed by atoms with Crippen LogP contribution in [0.1, 0.15) is 47.1 Å². The van der Waals surface area contributed by atoms with Crippen LogP contribution in [-0.2, 0) is 19.8 Å². The maximum Gasteiger partial charge on any atom is 0.331 e. The topological polar surface area (TPSA) is 119 Å². The number of nitrogens with one attached hydrogen (secondary N) is 2. The number of hydrogen-bond acceptors (Lipinski definition) is 5. The van der Waals surface area contributed by atoms with Crippen molar-refractivity contribution in [3.8, 4) is 0 Å². The van der Waals surface area contributed by atoms with Gasteiger partial charge >= 0.3 is 5.97 Å². The Labute approximate surface area is 197 Å². The Hall–Kier alpha value is -2.71. The van der Waals surface area contributed by atoms with E-state index in [1.807, 2.05) is 58.0 Å². The summed E-state index contributed by atoms with van der Waals surface area (Å²) in [7, 11) is 3.22. The molecule has 4 atom stereocenters. The van der Waals surface area contributed by atoms with Gasteiger partial charge in [-0.1, -0.05) is 64.1 Å². The lowest BCUT2D eigenvalue weighted by molar-refractivity contribution is -0.140. The van der Waals surface area contributed by atoms with Gasteiger partial charge in [-0.3, -0.25) is 9.59 Å². The van der Waals surface area contributed by atoms with Crippen molar-refractivity contribution in [1.29, 1.82) is 0 Å². The van der Waals surface area contributed by atoms with E-state index in [1.165, 1.54) is 24.8 Å². The van der Waals surface area contributed by atoms with Crippen LogP contribution < -0.4 is 10.6 Å². The standard InChI is InChI=1S/C25H39N3O5/c1-15(2)19(14-16(3)24(32)33)28(8)23(31)20(17(4)29)27-22(30)21(26-7)25(5,6)18-12-10-9-11-13-18/h9-15,17,19-21,26,29H,1-8H3,(H,27,30)(H,32,33)/b16-14+/t17-,19+,20?,21+/m0/s1. The van der Waals surface area contributed by atoms with Crippen molar-refractivity contribution >= 4 is 17.8 Å². The van der Waals surface area contributed by atoms with E-state index < -0.39 is 47.4 Å². The molecule has 0 saturated carbocycles. The number of aliphatic hydroxyl groups excluding tert-OH is 1. The third-order valence-corrected chi connectivity index (χ3v) is 6.07. The highest BCUT2D eigenvalue weighted by Crippen LogP contribution is 2.27. The first kappa shape index (κ1) is 28.3. The molecule has 0 aliphatic heterocycles. The molecular weight excluding hydrogens is 422 g/mol. The van der Waals surface area contributed by atoms with Crippen molar-refractivity contribution in [2.75, 3.05) is 14.1 Å². The number of nitrogens with zero attached hydrogens (tertiary/aromatic N) is 1. The largest absolute Gasteiger partial charge is 0.478 e. The van der Waals surface area contributed by atoms with Crippen LogP contribution in [0, 0.1) is 5.92 Å². The Morgan fingerprint density at radius 1 is 1.09 bits per heavy atom. The zero-order valence-corrected chi connectivity index (χ0v) is 20.9. The zero-order chi connectivity index (χ0) is 25.5. The summed E-state index contributed by atoms with van der Waals surface area (Å²) in [4.78, 5) is 39.2. The van der Waals surface area contributed by atoms with Gasteiger partial charge in [-0.05, 0) is 32.4 Å². The van der Waals surface area contributed by atoms with Crippen molar-refractivity contribution in [3.63, 3.8) is 0 Å². The fourth-order valence-corrected chi connectivity index (χ4v) is 3.92. The molecular formula is C25H39N3O5. The van der Waals surface area contributed by atoms with Crippen LogP contribution in [0.4, 0.5) is 0 Å². The van der Waals surface area contributed by atoms with Gasteiger partial charge < -0.3 is 25.7 Å². The highest BCUT2D eigenvalue weighted by atomic mass is 16.4. The molecule has 1 aromatic rings. The quantitative estimate of drug-likeness (QED) is 0.374. The van der Waals surface area contributed by atoms with Gasteiger partial charge in [0.1, 0.15) is 6.04 Å². The van der Waals surface area contributed by atoms with E-state index in [1.54, 1.807) is 14.1 Å². The van der Waals surface area contributed by atoms with Crippen LogP contribution in [0.2, 0.25) is 0 Å². The van der Waals surface area contributed by atoms with Crippen molar-refractivity contribution in [3.05, 3.63) is 47.5 Å². The Balaban J connectivity index is 3.19. The van der Waals surface area contributed by atoms with Crippen LogP contribution in [-0.4, -0.2) is 71.2 Å². The predicted octanol–water partition coefficient (Wildman–Crippen LogP) is 1.93. The minimum Gasteiger partial charge on any atom is -0.478 e. The molecule has 0 radical (unpaired) electrons. The Morgan fingerprint density at radius 3 is 2.06 bits per heavy atom. The molecule has 0 aliphatic carbocycles. The Kier molecular flexibility index (Phi) is 10.3. The second-order valence-corrected chi connectivity index (χ2v) is 9.37. The lowest BCUT2D eigenvalue weighted by Crippen LogP contribution is -2.61.